The van der Waals surface area contributed by atoms with Crippen molar-refractivity contribution >= 4 is 10.0 Å². The van der Waals surface area contributed by atoms with Gasteiger partial charge in [0.05, 0.1) is 41.6 Å². The van der Waals surface area contributed by atoms with Gasteiger partial charge in [0.15, 0.2) is 5.75 Å². The maximum absolute atomic E-state index is 13.0. The Morgan fingerprint density at radius 1 is 1.25 bits per heavy atom. The zero-order chi connectivity index (χ0) is 23.7. The average Bonchev–Trinajstić information content (AvgIpc) is 3.10. The van der Waals surface area contributed by atoms with Crippen LogP contribution in [0.15, 0.2) is 35.5 Å². The molecule has 0 aliphatic carbocycles. The SMILES string of the molecule is N#Cc1ncc(OC2CN(S(=O)(=O)c3ccc(C(F)(F)F)cc3C#N)C[C@@]2(O)CO)cn1. The Kier molecular flexibility index (Phi) is 6.08. The lowest BCUT2D eigenvalue weighted by Gasteiger charge is -2.26. The van der Waals surface area contributed by atoms with Crippen molar-refractivity contribution in [2.75, 3.05) is 19.7 Å². The first-order valence-corrected chi connectivity index (χ1v) is 10.2. The first kappa shape index (κ1) is 23.4. The Morgan fingerprint density at radius 3 is 2.44 bits per heavy atom. The molecule has 10 nitrogen and oxygen atoms in total. The van der Waals surface area contributed by atoms with Crippen LogP contribution in [0.4, 0.5) is 13.2 Å². The minimum absolute atomic E-state index is 0.0210. The van der Waals surface area contributed by atoms with E-state index in [1.54, 1.807) is 6.07 Å². The fraction of sp³-hybridized carbons (Fsp3) is 0.333. The van der Waals surface area contributed by atoms with Crippen molar-refractivity contribution < 1.29 is 36.5 Å². The molecular weight excluding hydrogens is 455 g/mol. The molecule has 3 rings (SSSR count). The molecule has 0 radical (unpaired) electrons. The number of ether oxygens (including phenoxy) is 1. The highest BCUT2D eigenvalue weighted by atomic mass is 32.2. The van der Waals surface area contributed by atoms with Crippen molar-refractivity contribution in [3.63, 3.8) is 0 Å². The number of aliphatic hydroxyl groups is 2. The average molecular weight is 469 g/mol. The van der Waals surface area contributed by atoms with Crippen molar-refractivity contribution in [2.45, 2.75) is 22.8 Å². The molecule has 14 heteroatoms. The zero-order valence-electron chi connectivity index (χ0n) is 16.0. The molecule has 1 fully saturated rings. The minimum atomic E-state index is -4.78. The minimum Gasteiger partial charge on any atom is -0.483 e. The molecule has 32 heavy (non-hydrogen) atoms. The van der Waals surface area contributed by atoms with E-state index in [2.05, 4.69) is 9.97 Å². The molecule has 0 bridgehead atoms. The van der Waals surface area contributed by atoms with Crippen molar-refractivity contribution in [1.29, 1.82) is 10.5 Å². The van der Waals surface area contributed by atoms with Gasteiger partial charge >= 0.3 is 6.18 Å². The third kappa shape index (κ3) is 4.35. The lowest BCUT2D eigenvalue weighted by molar-refractivity contribution is -0.137. The van der Waals surface area contributed by atoms with Crippen LogP contribution in [0.25, 0.3) is 0 Å². The van der Waals surface area contributed by atoms with Crippen LogP contribution in [0.3, 0.4) is 0 Å². The maximum atomic E-state index is 13.0. The predicted molar refractivity (Wildman–Crippen MR) is 98.1 cm³/mol. The summed E-state index contributed by atoms with van der Waals surface area (Å²) in [5.74, 6) is -0.177. The van der Waals surface area contributed by atoms with Crippen LogP contribution in [-0.2, 0) is 16.2 Å². The summed E-state index contributed by atoms with van der Waals surface area (Å²) in [6.07, 6.45) is -3.85. The van der Waals surface area contributed by atoms with Crippen LogP contribution >= 0.6 is 0 Å². The van der Waals surface area contributed by atoms with E-state index in [-0.39, 0.29) is 11.6 Å². The van der Waals surface area contributed by atoms with Gasteiger partial charge in [-0.3, -0.25) is 0 Å². The molecule has 2 aromatic rings. The van der Waals surface area contributed by atoms with E-state index in [1.165, 1.54) is 6.07 Å². The Bertz CT molecular complexity index is 1210. The number of halogens is 3. The standard InChI is InChI=1S/C18H14F3N5O5S/c19-18(20,21)12-1-2-14(11(3-12)4-22)32(29,30)26-8-15(17(28,9-26)10-27)31-13-6-24-16(5-23)25-7-13/h1-3,6-7,15,27-28H,8-10H2/t15?,17-/m1/s1. The molecule has 1 aromatic carbocycles. The highest BCUT2D eigenvalue weighted by molar-refractivity contribution is 7.89. The highest BCUT2D eigenvalue weighted by Crippen LogP contribution is 2.34. The third-order valence-electron chi connectivity index (χ3n) is 4.74. The number of alkyl halides is 3. The van der Waals surface area contributed by atoms with Gasteiger partial charge in [0.2, 0.25) is 15.8 Å². The topological polar surface area (TPSA) is 160 Å². The number of nitriles is 2. The van der Waals surface area contributed by atoms with E-state index in [9.17, 15) is 37.1 Å². The molecule has 1 aliphatic heterocycles. The number of hydrogen-bond donors (Lipinski definition) is 2. The van der Waals surface area contributed by atoms with Gasteiger partial charge in [-0.15, -0.1) is 0 Å². The van der Waals surface area contributed by atoms with E-state index >= 15 is 0 Å². The Morgan fingerprint density at radius 2 is 1.91 bits per heavy atom. The normalized spacial score (nSPS) is 21.7. The third-order valence-corrected chi connectivity index (χ3v) is 6.61. The van der Waals surface area contributed by atoms with Crippen LogP contribution in [0.1, 0.15) is 17.0 Å². The number of nitrogens with zero attached hydrogens (tertiary/aromatic N) is 5. The summed E-state index contributed by atoms with van der Waals surface area (Å²) >= 11 is 0. The van der Waals surface area contributed by atoms with E-state index < -0.39 is 63.6 Å². The number of aromatic nitrogens is 2. The fourth-order valence-corrected chi connectivity index (χ4v) is 4.69. The van der Waals surface area contributed by atoms with Crippen LogP contribution < -0.4 is 4.74 Å². The summed E-state index contributed by atoms with van der Waals surface area (Å²) in [4.78, 5) is 6.67. The molecule has 0 saturated carbocycles. The molecule has 2 heterocycles. The fourth-order valence-electron chi connectivity index (χ4n) is 3.07. The summed E-state index contributed by atoms with van der Waals surface area (Å²) in [5, 5.41) is 38.3. The Balaban J connectivity index is 1.92. The molecule has 1 unspecified atom stereocenters. The molecule has 168 valence electrons. The quantitative estimate of drug-likeness (QED) is 0.632. The second-order valence-corrected chi connectivity index (χ2v) is 8.75. The predicted octanol–water partition coefficient (Wildman–Crippen LogP) is 0.414. The lowest BCUT2D eigenvalue weighted by Crippen LogP contribution is -2.48. The van der Waals surface area contributed by atoms with Gasteiger partial charge < -0.3 is 14.9 Å². The number of benzene rings is 1. The molecule has 1 aliphatic rings. The first-order chi connectivity index (χ1) is 14.9. The molecule has 0 amide bonds. The number of rotatable bonds is 5. The largest absolute Gasteiger partial charge is 0.483 e. The summed E-state index contributed by atoms with van der Waals surface area (Å²) in [6, 6.07) is 4.75. The molecule has 0 spiro atoms. The number of aliphatic hydroxyl groups excluding tert-OH is 1. The molecular formula is C18H14F3N5O5S. The van der Waals surface area contributed by atoms with Crippen molar-refractivity contribution in [3.8, 4) is 17.9 Å². The zero-order valence-corrected chi connectivity index (χ0v) is 16.8. The number of β-amino-alcohol motifs (C(OH)–C–C–N with tert-alkyl or cyclic N) is 1. The summed E-state index contributed by atoms with van der Waals surface area (Å²) in [7, 11) is -4.54. The van der Waals surface area contributed by atoms with Crippen molar-refractivity contribution in [1.82, 2.24) is 14.3 Å². The monoisotopic (exact) mass is 469 g/mol. The van der Waals surface area contributed by atoms with Gasteiger partial charge in [0.25, 0.3) is 0 Å². The second kappa shape index (κ2) is 8.33. The van der Waals surface area contributed by atoms with Crippen molar-refractivity contribution in [3.05, 3.63) is 47.5 Å². The van der Waals surface area contributed by atoms with Gasteiger partial charge in [0.1, 0.15) is 23.8 Å². The lowest BCUT2D eigenvalue weighted by atomic mass is 10.0. The van der Waals surface area contributed by atoms with Crippen LogP contribution in [0, 0.1) is 22.7 Å². The van der Waals surface area contributed by atoms with Crippen LogP contribution in [0.5, 0.6) is 5.75 Å². The van der Waals surface area contributed by atoms with Gasteiger partial charge in [-0.1, -0.05) is 0 Å². The summed E-state index contributed by atoms with van der Waals surface area (Å²) in [6.45, 7) is -2.05. The van der Waals surface area contributed by atoms with Gasteiger partial charge in [-0.05, 0) is 18.2 Å². The second-order valence-electron chi connectivity index (χ2n) is 6.84. The van der Waals surface area contributed by atoms with E-state index in [1.807, 2.05) is 0 Å². The number of sulfonamides is 1. The summed E-state index contributed by atoms with van der Waals surface area (Å²) in [5.41, 5.74) is -3.99. The van der Waals surface area contributed by atoms with Gasteiger partial charge in [0, 0.05) is 6.54 Å². The molecule has 2 N–H and O–H groups in total. The highest BCUT2D eigenvalue weighted by Gasteiger charge is 2.51. The molecule has 1 aromatic heterocycles. The number of hydrogen-bond acceptors (Lipinski definition) is 9. The van der Waals surface area contributed by atoms with Crippen molar-refractivity contribution in [2.24, 2.45) is 0 Å². The summed E-state index contributed by atoms with van der Waals surface area (Å²) < 4.78 is 71.0. The van der Waals surface area contributed by atoms with E-state index in [0.29, 0.717) is 22.5 Å². The smallest absolute Gasteiger partial charge is 0.416 e. The molecule has 2 atom stereocenters. The van der Waals surface area contributed by atoms with E-state index in [4.69, 9.17) is 10.00 Å². The van der Waals surface area contributed by atoms with E-state index in [0.717, 1.165) is 12.4 Å². The van der Waals surface area contributed by atoms with Crippen LogP contribution in [0.2, 0.25) is 0 Å². The maximum Gasteiger partial charge on any atom is 0.416 e. The Hall–Kier alpha value is -3.30. The Labute approximate surface area is 179 Å². The van der Waals surface area contributed by atoms with Crippen LogP contribution in [-0.4, -0.2) is 64.3 Å². The van der Waals surface area contributed by atoms with Gasteiger partial charge in [-0.25, -0.2) is 18.4 Å². The molecule has 1 saturated heterocycles. The first-order valence-electron chi connectivity index (χ1n) is 8.78. The van der Waals surface area contributed by atoms with Gasteiger partial charge in [-0.2, -0.15) is 28.0 Å².